The Morgan fingerprint density at radius 1 is 1.30 bits per heavy atom. The molecule has 2 atom stereocenters. The van der Waals surface area contributed by atoms with Crippen molar-refractivity contribution in [2.75, 3.05) is 13.2 Å². The van der Waals surface area contributed by atoms with E-state index >= 15 is 0 Å². The summed E-state index contributed by atoms with van der Waals surface area (Å²) in [4.78, 5) is 13.1. The highest BCUT2D eigenvalue weighted by atomic mass is 35.5. The van der Waals surface area contributed by atoms with Crippen molar-refractivity contribution in [2.45, 2.75) is 51.7 Å². The van der Waals surface area contributed by atoms with E-state index in [1.165, 1.54) is 25.3 Å². The second-order valence-corrected chi connectivity index (χ2v) is 8.15. The normalized spacial score (nSPS) is 23.1. The monoisotopic (exact) mass is 460 g/mol. The van der Waals surface area contributed by atoms with Crippen molar-refractivity contribution in [3.63, 3.8) is 0 Å². The number of Topliss-reactive ketones (excluding diaryl/α,β-unsaturated/α-hetero) is 1. The maximum atomic E-state index is 13.5. The van der Waals surface area contributed by atoms with Gasteiger partial charge >= 0.3 is 0 Å². The number of rotatable bonds is 6. The van der Waals surface area contributed by atoms with Crippen molar-refractivity contribution in [1.29, 1.82) is 0 Å². The molecule has 3 N–H and O–H groups in total. The number of quaternary nitrogens is 1. The van der Waals surface area contributed by atoms with Gasteiger partial charge in [-0.3, -0.25) is 4.79 Å². The molecule has 0 amide bonds. The van der Waals surface area contributed by atoms with Gasteiger partial charge in [0.1, 0.15) is 6.20 Å². The van der Waals surface area contributed by atoms with Gasteiger partial charge in [0.25, 0.3) is 5.79 Å². The van der Waals surface area contributed by atoms with Gasteiger partial charge in [-0.2, -0.15) is 0 Å². The van der Waals surface area contributed by atoms with Gasteiger partial charge in [0, 0.05) is 37.8 Å². The smallest absolute Gasteiger partial charge is 0.254 e. The van der Waals surface area contributed by atoms with Gasteiger partial charge < -0.3 is 24.7 Å². The van der Waals surface area contributed by atoms with Crippen LogP contribution in [0.25, 0.3) is 0 Å². The molecule has 0 saturated carbocycles. The van der Waals surface area contributed by atoms with Crippen molar-refractivity contribution in [3.05, 3.63) is 39.5 Å². The topological polar surface area (TPSA) is 81.6 Å². The minimum Gasteiger partial charge on any atom is -0.457 e. The molecule has 1 spiro atoms. The zero-order valence-corrected chi connectivity index (χ0v) is 18.4. The molecule has 3 rings (SSSR count). The van der Waals surface area contributed by atoms with E-state index < -0.39 is 12.1 Å². The molecule has 2 aliphatic heterocycles. The van der Waals surface area contributed by atoms with Gasteiger partial charge in [0.2, 0.25) is 12.1 Å². The van der Waals surface area contributed by atoms with E-state index in [9.17, 15) is 9.18 Å². The molecule has 0 radical (unpaired) electrons. The SMILES string of the molecule is C/C(Cl)=C(CC(=O)c1ccc(OC(C)F)c2c1OC1(CCCOCC1)O2)\C(Cl)=C/[NH3+]. The molecule has 9 heteroatoms. The first-order valence-corrected chi connectivity index (χ1v) is 10.5. The fourth-order valence-corrected chi connectivity index (χ4v) is 3.90. The van der Waals surface area contributed by atoms with Crippen molar-refractivity contribution in [2.24, 2.45) is 0 Å². The second kappa shape index (κ2) is 9.56. The number of ether oxygens (including phenoxy) is 4. The molecular weight excluding hydrogens is 436 g/mol. The Kier molecular flexibility index (Phi) is 7.29. The molecular formula is C21H25Cl2FNO5+. The van der Waals surface area contributed by atoms with Crippen molar-refractivity contribution < 1.29 is 33.9 Å². The summed E-state index contributed by atoms with van der Waals surface area (Å²) >= 11 is 12.3. The summed E-state index contributed by atoms with van der Waals surface area (Å²) in [6.07, 6.45) is 1.60. The molecule has 1 saturated heterocycles. The van der Waals surface area contributed by atoms with Gasteiger partial charge in [0.05, 0.1) is 17.2 Å². The van der Waals surface area contributed by atoms with Gasteiger partial charge in [-0.05, 0) is 31.1 Å². The molecule has 6 nitrogen and oxygen atoms in total. The average molecular weight is 461 g/mol. The van der Waals surface area contributed by atoms with Crippen LogP contribution in [0.4, 0.5) is 4.39 Å². The van der Waals surface area contributed by atoms with E-state index in [-0.39, 0.29) is 35.0 Å². The van der Waals surface area contributed by atoms with Crippen LogP contribution in [-0.2, 0) is 4.74 Å². The lowest BCUT2D eigenvalue weighted by Crippen LogP contribution is -2.40. The minimum atomic E-state index is -1.55. The Balaban J connectivity index is 1.99. The predicted molar refractivity (Wildman–Crippen MR) is 111 cm³/mol. The number of alkyl halides is 1. The number of hydrogen-bond donors (Lipinski definition) is 1. The van der Waals surface area contributed by atoms with Gasteiger partial charge in [-0.1, -0.05) is 23.2 Å². The summed E-state index contributed by atoms with van der Waals surface area (Å²) in [6, 6.07) is 3.05. The van der Waals surface area contributed by atoms with Gasteiger partial charge in [-0.25, -0.2) is 4.39 Å². The van der Waals surface area contributed by atoms with Crippen LogP contribution < -0.4 is 19.9 Å². The number of fused-ring (bicyclic) bond motifs is 1. The van der Waals surface area contributed by atoms with Gasteiger partial charge in [-0.15, -0.1) is 0 Å². The number of halogens is 3. The summed E-state index contributed by atoms with van der Waals surface area (Å²) in [7, 11) is 0. The molecule has 0 aliphatic carbocycles. The van der Waals surface area contributed by atoms with E-state index in [4.69, 9.17) is 42.1 Å². The van der Waals surface area contributed by atoms with E-state index in [0.29, 0.717) is 41.7 Å². The highest BCUT2D eigenvalue weighted by Crippen LogP contribution is 2.51. The van der Waals surface area contributed by atoms with Crippen LogP contribution in [0.5, 0.6) is 17.2 Å². The van der Waals surface area contributed by atoms with Crippen molar-refractivity contribution >= 4 is 29.0 Å². The molecule has 164 valence electrons. The van der Waals surface area contributed by atoms with Crippen LogP contribution in [-0.4, -0.2) is 31.1 Å². The first-order valence-electron chi connectivity index (χ1n) is 9.73. The van der Waals surface area contributed by atoms with E-state index in [2.05, 4.69) is 5.73 Å². The lowest BCUT2D eigenvalue weighted by Gasteiger charge is -2.25. The number of carbonyl (C=O) groups is 1. The predicted octanol–water partition coefficient (Wildman–Crippen LogP) is 4.46. The maximum absolute atomic E-state index is 13.5. The summed E-state index contributed by atoms with van der Waals surface area (Å²) in [5, 5.41) is 0.693. The lowest BCUT2D eigenvalue weighted by atomic mass is 10.0. The third-order valence-electron chi connectivity index (χ3n) is 4.94. The molecule has 0 bridgehead atoms. The summed E-state index contributed by atoms with van der Waals surface area (Å²) in [5.74, 6) is -0.607. The van der Waals surface area contributed by atoms with Crippen molar-refractivity contribution in [1.82, 2.24) is 0 Å². The van der Waals surface area contributed by atoms with E-state index in [0.717, 1.165) is 6.42 Å². The number of carbonyl (C=O) groups excluding carboxylic acids is 1. The Labute approximate surface area is 184 Å². The standard InChI is InChI=1S/C21H24Cl2FNO5/c1-12(22)15(16(23)11-25)10-17(26)14-4-5-18(28-13(2)24)20-19(14)29-21(30-20)6-3-8-27-9-7-21/h4-5,11,13H,3,6-10,25H2,1-2H3/p+1/b15-12+,16-11+. The minimum absolute atomic E-state index is 0.0498. The quantitative estimate of drug-likeness (QED) is 0.500. The Hall–Kier alpha value is -1.80. The lowest BCUT2D eigenvalue weighted by molar-refractivity contribution is -0.275. The summed E-state index contributed by atoms with van der Waals surface area (Å²) in [6.45, 7) is 3.97. The van der Waals surface area contributed by atoms with Crippen LogP contribution in [0.3, 0.4) is 0 Å². The molecule has 1 aromatic carbocycles. The molecule has 1 fully saturated rings. The third kappa shape index (κ3) is 4.91. The fraction of sp³-hybridized carbons (Fsp3) is 0.476. The molecule has 2 heterocycles. The molecule has 2 aliphatic rings. The average Bonchev–Trinajstić information content (AvgIpc) is 2.92. The Morgan fingerprint density at radius 2 is 2.03 bits per heavy atom. The Bertz CT molecular complexity index is 872. The van der Waals surface area contributed by atoms with Crippen LogP contribution in [0.1, 0.15) is 49.9 Å². The van der Waals surface area contributed by atoms with Crippen molar-refractivity contribution in [3.8, 4) is 17.2 Å². The number of hydrogen-bond acceptors (Lipinski definition) is 5. The van der Waals surface area contributed by atoms with Gasteiger partial charge in [0.15, 0.2) is 17.3 Å². The highest BCUT2D eigenvalue weighted by Gasteiger charge is 2.45. The largest absolute Gasteiger partial charge is 0.457 e. The zero-order valence-electron chi connectivity index (χ0n) is 16.9. The summed E-state index contributed by atoms with van der Waals surface area (Å²) < 4.78 is 36.6. The molecule has 2 unspecified atom stereocenters. The highest BCUT2D eigenvalue weighted by molar-refractivity contribution is 6.35. The van der Waals surface area contributed by atoms with Crippen LogP contribution >= 0.6 is 23.2 Å². The maximum Gasteiger partial charge on any atom is 0.254 e. The zero-order chi connectivity index (χ0) is 21.9. The molecule has 30 heavy (non-hydrogen) atoms. The summed E-state index contributed by atoms with van der Waals surface area (Å²) in [5.41, 5.74) is 4.39. The van der Waals surface area contributed by atoms with Crippen LogP contribution in [0.2, 0.25) is 0 Å². The van der Waals surface area contributed by atoms with Crippen LogP contribution in [0, 0.1) is 0 Å². The molecule has 1 aromatic rings. The second-order valence-electron chi connectivity index (χ2n) is 7.18. The van der Waals surface area contributed by atoms with E-state index in [1.54, 1.807) is 6.92 Å². The fourth-order valence-electron chi connectivity index (χ4n) is 3.47. The first kappa shape index (κ1) is 22.9. The third-order valence-corrected chi connectivity index (χ3v) is 5.55. The Morgan fingerprint density at radius 3 is 2.70 bits per heavy atom. The van der Waals surface area contributed by atoms with E-state index in [1.807, 2.05) is 0 Å². The molecule has 0 aromatic heterocycles. The number of ketones is 1. The first-order chi connectivity index (χ1) is 14.3. The van der Waals surface area contributed by atoms with Crippen LogP contribution in [0.15, 0.2) is 34.0 Å². The number of benzene rings is 1. The number of allylic oxidation sites excluding steroid dienone is 3.